The Morgan fingerprint density at radius 2 is 1.74 bits per heavy atom. The van der Waals surface area contributed by atoms with Crippen molar-refractivity contribution < 1.29 is 9.59 Å². The number of carbonyl (C=O) groups is 2. The van der Waals surface area contributed by atoms with E-state index in [0.717, 1.165) is 11.3 Å². The van der Waals surface area contributed by atoms with Crippen LogP contribution in [0.15, 0.2) is 48.5 Å². The third-order valence-corrected chi connectivity index (χ3v) is 5.60. The molecule has 0 heterocycles. The zero-order chi connectivity index (χ0) is 19.8. The molecule has 144 valence electrons. The lowest BCUT2D eigenvalue weighted by atomic mass is 10.1. The highest BCUT2D eigenvalue weighted by Gasteiger charge is 2.25. The quantitative estimate of drug-likeness (QED) is 0.755. The summed E-state index contributed by atoms with van der Waals surface area (Å²) < 4.78 is 0. The molecular formula is C22H28N2O2S. The average Bonchev–Trinajstić information content (AvgIpc) is 2.67. The van der Waals surface area contributed by atoms with Gasteiger partial charge in [-0.1, -0.05) is 54.1 Å². The number of aryl methyl sites for hydroxylation is 2. The van der Waals surface area contributed by atoms with Crippen molar-refractivity contribution in [1.29, 1.82) is 0 Å². The SMILES string of the molecule is CNC(=O)C(C)N(Cc1ccc(C)cc1)C(=O)CSCc1ccccc1C. The molecule has 1 unspecified atom stereocenters. The highest BCUT2D eigenvalue weighted by Crippen LogP contribution is 2.18. The summed E-state index contributed by atoms with van der Waals surface area (Å²) in [6.07, 6.45) is 0. The van der Waals surface area contributed by atoms with Crippen LogP contribution in [0.2, 0.25) is 0 Å². The van der Waals surface area contributed by atoms with Gasteiger partial charge in [0.2, 0.25) is 11.8 Å². The van der Waals surface area contributed by atoms with Crippen LogP contribution in [0.4, 0.5) is 0 Å². The molecule has 27 heavy (non-hydrogen) atoms. The maximum absolute atomic E-state index is 12.9. The lowest BCUT2D eigenvalue weighted by molar-refractivity contribution is -0.138. The lowest BCUT2D eigenvalue weighted by Crippen LogP contribution is -2.47. The van der Waals surface area contributed by atoms with E-state index in [2.05, 4.69) is 24.4 Å². The van der Waals surface area contributed by atoms with Crippen LogP contribution in [0.5, 0.6) is 0 Å². The van der Waals surface area contributed by atoms with Crippen LogP contribution < -0.4 is 5.32 Å². The summed E-state index contributed by atoms with van der Waals surface area (Å²) in [7, 11) is 1.60. The second kappa shape index (κ2) is 10.2. The zero-order valence-electron chi connectivity index (χ0n) is 16.5. The minimum atomic E-state index is -0.511. The summed E-state index contributed by atoms with van der Waals surface area (Å²) in [5.74, 6) is 0.955. The molecule has 0 aliphatic carbocycles. The van der Waals surface area contributed by atoms with Crippen molar-refractivity contribution in [2.75, 3.05) is 12.8 Å². The molecule has 0 radical (unpaired) electrons. The number of hydrogen-bond donors (Lipinski definition) is 1. The Bertz CT molecular complexity index is 774. The Kier molecular flexibility index (Phi) is 7.92. The van der Waals surface area contributed by atoms with E-state index in [1.54, 1.807) is 30.6 Å². The summed E-state index contributed by atoms with van der Waals surface area (Å²) in [6, 6.07) is 15.7. The second-order valence-corrected chi connectivity index (χ2v) is 7.70. The first kappa shape index (κ1) is 21.0. The maximum Gasteiger partial charge on any atom is 0.242 e. The monoisotopic (exact) mass is 384 g/mol. The minimum absolute atomic E-state index is 0.0229. The van der Waals surface area contributed by atoms with Crippen LogP contribution in [0, 0.1) is 13.8 Å². The Morgan fingerprint density at radius 3 is 2.37 bits per heavy atom. The fraction of sp³-hybridized carbons (Fsp3) is 0.364. The number of thioether (sulfide) groups is 1. The van der Waals surface area contributed by atoms with Crippen molar-refractivity contribution in [3.8, 4) is 0 Å². The zero-order valence-corrected chi connectivity index (χ0v) is 17.3. The normalized spacial score (nSPS) is 11.7. The van der Waals surface area contributed by atoms with Crippen LogP contribution >= 0.6 is 11.8 Å². The molecule has 0 fully saturated rings. The standard InChI is InChI=1S/C22H28N2O2S/c1-16-9-11-19(12-10-16)13-24(18(3)22(26)23-4)21(25)15-27-14-20-8-6-5-7-17(20)2/h5-12,18H,13-15H2,1-4H3,(H,23,26). The first-order valence-electron chi connectivity index (χ1n) is 9.11. The van der Waals surface area contributed by atoms with Gasteiger partial charge in [-0.2, -0.15) is 0 Å². The smallest absolute Gasteiger partial charge is 0.242 e. The number of amides is 2. The van der Waals surface area contributed by atoms with Crippen molar-refractivity contribution in [2.24, 2.45) is 0 Å². The van der Waals surface area contributed by atoms with Gasteiger partial charge in [0.25, 0.3) is 0 Å². The van der Waals surface area contributed by atoms with Gasteiger partial charge in [-0.25, -0.2) is 0 Å². The van der Waals surface area contributed by atoms with Gasteiger partial charge < -0.3 is 10.2 Å². The van der Waals surface area contributed by atoms with E-state index in [1.807, 2.05) is 43.3 Å². The molecule has 4 nitrogen and oxygen atoms in total. The van der Waals surface area contributed by atoms with Gasteiger partial charge in [0.15, 0.2) is 0 Å². The molecule has 0 bridgehead atoms. The van der Waals surface area contributed by atoms with Gasteiger partial charge in [-0.05, 0) is 37.5 Å². The van der Waals surface area contributed by atoms with Gasteiger partial charge in [-0.3, -0.25) is 9.59 Å². The molecule has 2 aromatic rings. The first-order valence-corrected chi connectivity index (χ1v) is 10.3. The molecule has 0 saturated carbocycles. The first-order chi connectivity index (χ1) is 12.9. The molecule has 0 aliphatic rings. The minimum Gasteiger partial charge on any atom is -0.357 e. The summed E-state index contributed by atoms with van der Waals surface area (Å²) in [5.41, 5.74) is 4.66. The van der Waals surface area contributed by atoms with Gasteiger partial charge in [-0.15, -0.1) is 11.8 Å². The fourth-order valence-electron chi connectivity index (χ4n) is 2.78. The van der Waals surface area contributed by atoms with Crippen LogP contribution in [0.1, 0.15) is 29.2 Å². The summed E-state index contributed by atoms with van der Waals surface area (Å²) in [6.45, 7) is 6.31. The number of carbonyl (C=O) groups excluding carboxylic acids is 2. The third kappa shape index (κ3) is 6.14. The average molecular weight is 385 g/mol. The van der Waals surface area contributed by atoms with Crippen molar-refractivity contribution in [3.63, 3.8) is 0 Å². The van der Waals surface area contributed by atoms with Crippen molar-refractivity contribution >= 4 is 23.6 Å². The van der Waals surface area contributed by atoms with Crippen molar-refractivity contribution in [3.05, 3.63) is 70.8 Å². The third-order valence-electron chi connectivity index (χ3n) is 4.63. The number of nitrogens with zero attached hydrogens (tertiary/aromatic N) is 1. The van der Waals surface area contributed by atoms with E-state index in [1.165, 1.54) is 16.7 Å². The van der Waals surface area contributed by atoms with E-state index in [4.69, 9.17) is 0 Å². The Balaban J connectivity index is 2.04. The predicted molar refractivity (Wildman–Crippen MR) is 113 cm³/mol. The largest absolute Gasteiger partial charge is 0.357 e. The van der Waals surface area contributed by atoms with E-state index in [-0.39, 0.29) is 11.8 Å². The molecule has 1 atom stereocenters. The highest BCUT2D eigenvalue weighted by atomic mass is 32.2. The van der Waals surface area contributed by atoms with Crippen LogP contribution in [-0.4, -0.2) is 35.6 Å². The molecule has 2 rings (SSSR count). The van der Waals surface area contributed by atoms with Gasteiger partial charge in [0.05, 0.1) is 5.75 Å². The van der Waals surface area contributed by atoms with Crippen LogP contribution in [0.3, 0.4) is 0 Å². The molecule has 0 spiro atoms. The number of likely N-dealkylation sites (N-methyl/N-ethyl adjacent to an activating group) is 1. The Labute approximate surface area is 166 Å². The topological polar surface area (TPSA) is 49.4 Å². The summed E-state index contributed by atoms with van der Waals surface area (Å²) in [5, 5.41) is 2.64. The lowest BCUT2D eigenvalue weighted by Gasteiger charge is -2.28. The van der Waals surface area contributed by atoms with E-state index >= 15 is 0 Å². The predicted octanol–water partition coefficient (Wildman–Crippen LogP) is 3.70. The van der Waals surface area contributed by atoms with E-state index in [0.29, 0.717) is 12.3 Å². The van der Waals surface area contributed by atoms with Crippen molar-refractivity contribution in [1.82, 2.24) is 10.2 Å². The summed E-state index contributed by atoms with van der Waals surface area (Å²) >= 11 is 1.58. The molecular weight excluding hydrogens is 356 g/mol. The maximum atomic E-state index is 12.9. The Morgan fingerprint density at radius 1 is 1.07 bits per heavy atom. The number of nitrogens with one attached hydrogen (secondary N) is 1. The number of hydrogen-bond acceptors (Lipinski definition) is 3. The van der Waals surface area contributed by atoms with Crippen LogP contribution in [0.25, 0.3) is 0 Å². The summed E-state index contributed by atoms with van der Waals surface area (Å²) in [4.78, 5) is 26.7. The van der Waals surface area contributed by atoms with Crippen molar-refractivity contribution in [2.45, 2.75) is 39.1 Å². The molecule has 2 aromatic carbocycles. The molecule has 1 N–H and O–H groups in total. The number of rotatable bonds is 8. The number of benzene rings is 2. The highest BCUT2D eigenvalue weighted by molar-refractivity contribution is 7.99. The van der Waals surface area contributed by atoms with Crippen LogP contribution in [-0.2, 0) is 21.9 Å². The molecule has 0 saturated heterocycles. The fourth-order valence-corrected chi connectivity index (χ4v) is 3.77. The second-order valence-electron chi connectivity index (χ2n) is 6.72. The Hall–Kier alpha value is -2.27. The van der Waals surface area contributed by atoms with E-state index in [9.17, 15) is 9.59 Å². The van der Waals surface area contributed by atoms with Gasteiger partial charge >= 0.3 is 0 Å². The van der Waals surface area contributed by atoms with Gasteiger partial charge in [0, 0.05) is 19.3 Å². The van der Waals surface area contributed by atoms with E-state index < -0.39 is 6.04 Å². The molecule has 2 amide bonds. The molecule has 0 aromatic heterocycles. The van der Waals surface area contributed by atoms with Gasteiger partial charge in [0.1, 0.15) is 6.04 Å². The molecule has 5 heteroatoms. The molecule has 0 aliphatic heterocycles.